The van der Waals surface area contributed by atoms with Crippen LogP contribution < -0.4 is 0 Å². The van der Waals surface area contributed by atoms with Gasteiger partial charge < -0.3 is 14.5 Å². The lowest BCUT2D eigenvalue weighted by molar-refractivity contribution is -0.141. The number of likely N-dealkylation sites (tertiary alicyclic amines) is 1. The number of para-hydroxylation sites is 1. The first-order valence-electron chi connectivity index (χ1n) is 8.52. The summed E-state index contributed by atoms with van der Waals surface area (Å²) in [6.45, 7) is 0.610. The average Bonchev–Trinajstić information content (AvgIpc) is 3.28. The number of carboxylic acid groups (broad SMARTS) is 1. The van der Waals surface area contributed by atoms with Gasteiger partial charge in [-0.15, -0.1) is 0 Å². The topological polar surface area (TPSA) is 83.6 Å². The largest absolute Gasteiger partial charge is 0.481 e. The Bertz CT molecular complexity index is 951. The number of hydrogen-bond acceptors (Lipinski definition) is 4. The molecule has 1 amide bonds. The lowest BCUT2D eigenvalue weighted by Crippen LogP contribution is -2.31. The van der Waals surface area contributed by atoms with Crippen molar-refractivity contribution in [3.63, 3.8) is 0 Å². The minimum atomic E-state index is -0.874. The predicted octanol–water partition coefficient (Wildman–Crippen LogP) is 2.70. The molecule has 2 atom stereocenters. The molecule has 26 heavy (non-hydrogen) atoms. The quantitative estimate of drug-likeness (QED) is 0.782. The van der Waals surface area contributed by atoms with Gasteiger partial charge in [0.1, 0.15) is 5.69 Å². The van der Waals surface area contributed by atoms with Gasteiger partial charge in [0.15, 0.2) is 5.58 Å². The molecule has 0 unspecified atom stereocenters. The molecule has 0 aliphatic carbocycles. The zero-order valence-electron chi connectivity index (χ0n) is 14.0. The van der Waals surface area contributed by atoms with Crippen molar-refractivity contribution in [2.45, 2.75) is 12.3 Å². The van der Waals surface area contributed by atoms with Crippen molar-refractivity contribution in [3.8, 4) is 0 Å². The molecular formula is C20H18N2O4. The number of fused-ring (bicyclic) bond motifs is 1. The Morgan fingerprint density at radius 3 is 2.58 bits per heavy atom. The van der Waals surface area contributed by atoms with Crippen LogP contribution in [0.3, 0.4) is 0 Å². The number of nitrogens with zero attached hydrogens (tertiary/aromatic N) is 2. The zero-order valence-corrected chi connectivity index (χ0v) is 14.0. The van der Waals surface area contributed by atoms with Gasteiger partial charge in [-0.3, -0.25) is 9.59 Å². The number of benzene rings is 2. The van der Waals surface area contributed by atoms with Crippen molar-refractivity contribution in [1.29, 1.82) is 0 Å². The van der Waals surface area contributed by atoms with Crippen molar-refractivity contribution >= 4 is 22.8 Å². The Kier molecular flexibility index (Phi) is 4.16. The average molecular weight is 350 g/mol. The summed E-state index contributed by atoms with van der Waals surface area (Å²) in [4.78, 5) is 26.1. The Labute approximate surface area is 150 Å². The molecule has 1 aliphatic heterocycles. The molecule has 0 radical (unpaired) electrons. The SMILES string of the molecule is O=C(O)[C@@H]1CN(C(=O)Cc2noc3ccccc23)C[C@@H]1c1ccccc1. The van der Waals surface area contributed by atoms with E-state index in [1.807, 2.05) is 48.5 Å². The van der Waals surface area contributed by atoms with E-state index < -0.39 is 11.9 Å². The third kappa shape index (κ3) is 2.94. The van der Waals surface area contributed by atoms with Gasteiger partial charge in [0.2, 0.25) is 5.91 Å². The van der Waals surface area contributed by atoms with Crippen LogP contribution in [0.5, 0.6) is 0 Å². The summed E-state index contributed by atoms with van der Waals surface area (Å²) in [5.41, 5.74) is 2.17. The van der Waals surface area contributed by atoms with Gasteiger partial charge in [-0.2, -0.15) is 0 Å². The third-order valence-corrected chi connectivity index (χ3v) is 4.99. The van der Waals surface area contributed by atoms with Crippen LogP contribution in [0.25, 0.3) is 11.0 Å². The third-order valence-electron chi connectivity index (χ3n) is 4.99. The first-order valence-corrected chi connectivity index (χ1v) is 8.52. The highest BCUT2D eigenvalue weighted by Crippen LogP contribution is 2.33. The number of carbonyl (C=O) groups excluding carboxylic acids is 1. The summed E-state index contributed by atoms with van der Waals surface area (Å²) in [6, 6.07) is 16.9. The van der Waals surface area contributed by atoms with Crippen molar-refractivity contribution in [3.05, 3.63) is 65.9 Å². The highest BCUT2D eigenvalue weighted by molar-refractivity contribution is 5.87. The first-order chi connectivity index (χ1) is 12.6. The summed E-state index contributed by atoms with van der Waals surface area (Å²) in [6.07, 6.45) is 0.102. The number of aliphatic carboxylic acids is 1. The molecule has 1 saturated heterocycles. The fourth-order valence-corrected chi connectivity index (χ4v) is 3.62. The molecule has 3 aromatic rings. The van der Waals surface area contributed by atoms with Crippen molar-refractivity contribution < 1.29 is 19.2 Å². The Balaban J connectivity index is 1.54. The lowest BCUT2D eigenvalue weighted by atomic mass is 9.89. The summed E-state index contributed by atoms with van der Waals surface area (Å²) >= 11 is 0. The van der Waals surface area contributed by atoms with Gasteiger partial charge in [0.05, 0.1) is 12.3 Å². The van der Waals surface area contributed by atoms with E-state index in [2.05, 4.69) is 5.16 Å². The lowest BCUT2D eigenvalue weighted by Gasteiger charge is -2.16. The number of amides is 1. The smallest absolute Gasteiger partial charge is 0.308 e. The molecule has 6 nitrogen and oxygen atoms in total. The normalized spacial score (nSPS) is 19.8. The molecule has 4 rings (SSSR count). The first kappa shape index (κ1) is 16.3. The van der Waals surface area contributed by atoms with E-state index in [1.165, 1.54) is 0 Å². The van der Waals surface area contributed by atoms with Gasteiger partial charge >= 0.3 is 5.97 Å². The van der Waals surface area contributed by atoms with Gasteiger partial charge in [-0.05, 0) is 17.7 Å². The second-order valence-corrected chi connectivity index (χ2v) is 6.56. The van der Waals surface area contributed by atoms with E-state index in [4.69, 9.17) is 4.52 Å². The summed E-state index contributed by atoms with van der Waals surface area (Å²) < 4.78 is 5.25. The van der Waals surface area contributed by atoms with Crippen LogP contribution in [-0.4, -0.2) is 40.1 Å². The van der Waals surface area contributed by atoms with E-state index in [0.717, 1.165) is 10.9 Å². The molecule has 1 N–H and O–H groups in total. The number of rotatable bonds is 4. The van der Waals surface area contributed by atoms with Gasteiger partial charge in [0, 0.05) is 24.4 Å². The van der Waals surface area contributed by atoms with Crippen LogP contribution in [0, 0.1) is 5.92 Å². The minimum absolute atomic E-state index is 0.102. The molecule has 0 saturated carbocycles. The zero-order chi connectivity index (χ0) is 18.1. The maximum Gasteiger partial charge on any atom is 0.308 e. The molecule has 6 heteroatoms. The molecule has 2 aromatic carbocycles. The van der Waals surface area contributed by atoms with Crippen LogP contribution in [0.4, 0.5) is 0 Å². The Morgan fingerprint density at radius 1 is 1.08 bits per heavy atom. The Morgan fingerprint density at radius 2 is 1.81 bits per heavy atom. The molecule has 1 aromatic heterocycles. The molecule has 1 aliphatic rings. The van der Waals surface area contributed by atoms with Crippen LogP contribution in [0.15, 0.2) is 59.1 Å². The molecule has 132 valence electrons. The van der Waals surface area contributed by atoms with Gasteiger partial charge in [0.25, 0.3) is 0 Å². The standard InChI is InChI=1S/C20H18N2O4/c23-19(10-17-14-8-4-5-9-18(14)26-21-17)22-11-15(16(12-22)20(24)25)13-6-2-1-3-7-13/h1-9,15-16H,10-12H2,(H,24,25)/t15-,16-/m1/s1. The monoisotopic (exact) mass is 350 g/mol. The second-order valence-electron chi connectivity index (χ2n) is 6.56. The highest BCUT2D eigenvalue weighted by atomic mass is 16.5. The fourth-order valence-electron chi connectivity index (χ4n) is 3.62. The molecule has 0 bridgehead atoms. The minimum Gasteiger partial charge on any atom is -0.481 e. The van der Waals surface area contributed by atoms with Gasteiger partial charge in [-0.25, -0.2) is 0 Å². The molecule has 2 heterocycles. The number of carboxylic acids is 1. The van der Waals surface area contributed by atoms with E-state index >= 15 is 0 Å². The van der Waals surface area contributed by atoms with Crippen LogP contribution >= 0.6 is 0 Å². The van der Waals surface area contributed by atoms with Crippen LogP contribution in [0.1, 0.15) is 17.2 Å². The van der Waals surface area contributed by atoms with Crippen molar-refractivity contribution in [1.82, 2.24) is 10.1 Å². The number of carbonyl (C=O) groups is 2. The van der Waals surface area contributed by atoms with E-state index in [-0.39, 0.29) is 24.8 Å². The molecule has 1 fully saturated rings. The van der Waals surface area contributed by atoms with Crippen LogP contribution in [-0.2, 0) is 16.0 Å². The summed E-state index contributed by atoms with van der Waals surface area (Å²) in [5.74, 6) is -1.81. The van der Waals surface area contributed by atoms with Gasteiger partial charge in [-0.1, -0.05) is 47.6 Å². The number of hydrogen-bond donors (Lipinski definition) is 1. The van der Waals surface area contributed by atoms with E-state index in [1.54, 1.807) is 11.0 Å². The van der Waals surface area contributed by atoms with Crippen molar-refractivity contribution in [2.24, 2.45) is 5.92 Å². The predicted molar refractivity (Wildman–Crippen MR) is 94.6 cm³/mol. The van der Waals surface area contributed by atoms with E-state index in [0.29, 0.717) is 17.8 Å². The maximum atomic E-state index is 12.8. The van der Waals surface area contributed by atoms with Crippen LogP contribution in [0.2, 0.25) is 0 Å². The van der Waals surface area contributed by atoms with E-state index in [9.17, 15) is 14.7 Å². The Hall–Kier alpha value is -3.15. The fraction of sp³-hybridized carbons (Fsp3) is 0.250. The summed E-state index contributed by atoms with van der Waals surface area (Å²) in [5, 5.41) is 14.4. The highest BCUT2D eigenvalue weighted by Gasteiger charge is 2.40. The van der Waals surface area contributed by atoms with Crippen molar-refractivity contribution in [2.75, 3.05) is 13.1 Å². The number of aromatic nitrogens is 1. The second kappa shape index (κ2) is 6.63. The summed E-state index contributed by atoms with van der Waals surface area (Å²) in [7, 11) is 0. The molecular weight excluding hydrogens is 332 g/mol. The maximum absolute atomic E-state index is 12.8. The molecule has 0 spiro atoms.